The lowest BCUT2D eigenvalue weighted by Gasteiger charge is -2.05. The standard InChI is InChI=1S/C14H15N3O3/c1-17-8-10(7-16-17)4-5-15-14(18)11-2-3-12-13(6-11)20-9-19-12/h2-3,6-8H,4-5,9H2,1H3,(H,15,18). The van der Waals surface area contributed by atoms with E-state index in [0.717, 1.165) is 12.0 Å². The van der Waals surface area contributed by atoms with Crippen molar-refractivity contribution in [2.75, 3.05) is 13.3 Å². The lowest BCUT2D eigenvalue weighted by atomic mass is 10.2. The predicted molar refractivity (Wildman–Crippen MR) is 71.8 cm³/mol. The first-order valence-electron chi connectivity index (χ1n) is 6.38. The molecule has 2 aromatic rings. The summed E-state index contributed by atoms with van der Waals surface area (Å²) in [5.41, 5.74) is 1.67. The number of benzene rings is 1. The number of fused-ring (bicyclic) bond motifs is 1. The van der Waals surface area contributed by atoms with Crippen molar-refractivity contribution in [1.29, 1.82) is 0 Å². The van der Waals surface area contributed by atoms with Crippen molar-refractivity contribution in [3.63, 3.8) is 0 Å². The average molecular weight is 273 g/mol. The maximum atomic E-state index is 12.0. The van der Waals surface area contributed by atoms with Crippen LogP contribution in [-0.2, 0) is 13.5 Å². The number of nitrogens with one attached hydrogen (secondary N) is 1. The van der Waals surface area contributed by atoms with E-state index in [0.29, 0.717) is 23.6 Å². The normalized spacial score (nSPS) is 12.4. The molecule has 2 heterocycles. The Kier molecular flexibility index (Phi) is 3.28. The number of carbonyl (C=O) groups excluding carboxylic acids is 1. The number of carbonyl (C=O) groups is 1. The maximum Gasteiger partial charge on any atom is 0.251 e. The van der Waals surface area contributed by atoms with Gasteiger partial charge < -0.3 is 14.8 Å². The summed E-state index contributed by atoms with van der Waals surface area (Å²) in [5.74, 6) is 1.18. The predicted octanol–water partition coefficient (Wildman–Crippen LogP) is 1.12. The summed E-state index contributed by atoms with van der Waals surface area (Å²) < 4.78 is 12.2. The molecular formula is C14H15N3O3. The van der Waals surface area contributed by atoms with Gasteiger partial charge in [0.15, 0.2) is 11.5 Å². The molecule has 0 fully saturated rings. The fourth-order valence-corrected chi connectivity index (χ4v) is 2.06. The fourth-order valence-electron chi connectivity index (χ4n) is 2.06. The molecule has 6 heteroatoms. The van der Waals surface area contributed by atoms with Gasteiger partial charge in [-0.05, 0) is 30.2 Å². The second-order valence-corrected chi connectivity index (χ2v) is 4.60. The van der Waals surface area contributed by atoms with E-state index in [4.69, 9.17) is 9.47 Å². The smallest absolute Gasteiger partial charge is 0.251 e. The Morgan fingerprint density at radius 2 is 2.25 bits per heavy atom. The van der Waals surface area contributed by atoms with Gasteiger partial charge in [0, 0.05) is 25.4 Å². The topological polar surface area (TPSA) is 65.4 Å². The molecule has 20 heavy (non-hydrogen) atoms. The summed E-state index contributed by atoms with van der Waals surface area (Å²) in [6.45, 7) is 0.778. The van der Waals surface area contributed by atoms with Crippen molar-refractivity contribution in [3.8, 4) is 11.5 Å². The largest absolute Gasteiger partial charge is 0.454 e. The second-order valence-electron chi connectivity index (χ2n) is 4.60. The van der Waals surface area contributed by atoms with Gasteiger partial charge in [-0.3, -0.25) is 9.48 Å². The lowest BCUT2D eigenvalue weighted by molar-refractivity contribution is 0.0953. The van der Waals surface area contributed by atoms with Crippen LogP contribution in [0.15, 0.2) is 30.6 Å². The summed E-state index contributed by atoms with van der Waals surface area (Å²) in [6.07, 6.45) is 4.49. The first-order chi connectivity index (χ1) is 9.72. The summed E-state index contributed by atoms with van der Waals surface area (Å²) in [7, 11) is 1.87. The van der Waals surface area contributed by atoms with E-state index in [2.05, 4.69) is 10.4 Å². The summed E-state index contributed by atoms with van der Waals surface area (Å²) in [6, 6.07) is 5.17. The van der Waals surface area contributed by atoms with Crippen molar-refractivity contribution in [2.24, 2.45) is 7.05 Å². The molecule has 1 N–H and O–H groups in total. The molecule has 0 saturated heterocycles. The summed E-state index contributed by atoms with van der Waals surface area (Å²) >= 11 is 0. The van der Waals surface area contributed by atoms with Crippen molar-refractivity contribution in [2.45, 2.75) is 6.42 Å². The second kappa shape index (κ2) is 5.24. The van der Waals surface area contributed by atoms with Gasteiger partial charge in [0.1, 0.15) is 0 Å². The zero-order valence-electron chi connectivity index (χ0n) is 11.1. The number of nitrogens with zero attached hydrogens (tertiary/aromatic N) is 2. The van der Waals surface area contributed by atoms with Crippen molar-refractivity contribution in [3.05, 3.63) is 41.7 Å². The van der Waals surface area contributed by atoms with Gasteiger partial charge >= 0.3 is 0 Å². The Morgan fingerprint density at radius 3 is 3.05 bits per heavy atom. The van der Waals surface area contributed by atoms with Crippen LogP contribution in [0.25, 0.3) is 0 Å². The van der Waals surface area contributed by atoms with Gasteiger partial charge in [-0.1, -0.05) is 0 Å². The lowest BCUT2D eigenvalue weighted by Crippen LogP contribution is -2.25. The molecule has 1 aromatic carbocycles. The molecule has 0 radical (unpaired) electrons. The van der Waals surface area contributed by atoms with E-state index in [9.17, 15) is 4.79 Å². The molecule has 0 unspecified atom stereocenters. The molecule has 0 atom stereocenters. The molecule has 3 rings (SSSR count). The van der Waals surface area contributed by atoms with Crippen LogP contribution in [0.5, 0.6) is 11.5 Å². The van der Waals surface area contributed by atoms with Gasteiger partial charge in [0.25, 0.3) is 5.91 Å². The third kappa shape index (κ3) is 2.59. The van der Waals surface area contributed by atoms with Crippen LogP contribution >= 0.6 is 0 Å². The van der Waals surface area contributed by atoms with Crippen LogP contribution in [-0.4, -0.2) is 29.0 Å². The Balaban J connectivity index is 1.56. The van der Waals surface area contributed by atoms with Crippen LogP contribution in [0, 0.1) is 0 Å². The maximum absolute atomic E-state index is 12.0. The van der Waals surface area contributed by atoms with Gasteiger partial charge in [0.05, 0.1) is 6.20 Å². The highest BCUT2D eigenvalue weighted by Crippen LogP contribution is 2.32. The third-order valence-corrected chi connectivity index (χ3v) is 3.09. The number of rotatable bonds is 4. The summed E-state index contributed by atoms with van der Waals surface area (Å²) in [5, 5.41) is 6.96. The molecule has 1 aromatic heterocycles. The van der Waals surface area contributed by atoms with Gasteiger partial charge in [0.2, 0.25) is 6.79 Å². The van der Waals surface area contributed by atoms with Crippen LogP contribution in [0.4, 0.5) is 0 Å². The number of aryl methyl sites for hydroxylation is 1. The molecule has 104 valence electrons. The minimum atomic E-state index is -0.118. The molecule has 1 aliphatic heterocycles. The van der Waals surface area contributed by atoms with Gasteiger partial charge in [-0.2, -0.15) is 5.10 Å². The molecule has 0 saturated carbocycles. The number of aromatic nitrogens is 2. The first-order valence-corrected chi connectivity index (χ1v) is 6.38. The SMILES string of the molecule is Cn1cc(CCNC(=O)c2ccc3c(c2)OCO3)cn1. The monoisotopic (exact) mass is 273 g/mol. The van der Waals surface area contributed by atoms with Gasteiger partial charge in [-0.15, -0.1) is 0 Å². The van der Waals surface area contributed by atoms with E-state index in [1.54, 1.807) is 29.1 Å². The van der Waals surface area contributed by atoms with Crippen LogP contribution < -0.4 is 14.8 Å². The van der Waals surface area contributed by atoms with Gasteiger partial charge in [-0.25, -0.2) is 0 Å². The number of hydrogen-bond donors (Lipinski definition) is 1. The van der Waals surface area contributed by atoms with Crippen molar-refractivity contribution >= 4 is 5.91 Å². The first kappa shape index (κ1) is 12.5. The molecular weight excluding hydrogens is 258 g/mol. The van der Waals surface area contributed by atoms with E-state index in [1.807, 2.05) is 13.2 Å². The van der Waals surface area contributed by atoms with E-state index in [1.165, 1.54) is 0 Å². The Morgan fingerprint density at radius 1 is 1.40 bits per heavy atom. The molecule has 1 aliphatic rings. The highest BCUT2D eigenvalue weighted by Gasteiger charge is 2.15. The Labute approximate surface area is 116 Å². The van der Waals surface area contributed by atoms with Crippen molar-refractivity contribution in [1.82, 2.24) is 15.1 Å². The fraction of sp³-hybridized carbons (Fsp3) is 0.286. The quantitative estimate of drug-likeness (QED) is 0.906. The van der Waals surface area contributed by atoms with E-state index in [-0.39, 0.29) is 12.7 Å². The molecule has 1 amide bonds. The van der Waals surface area contributed by atoms with Crippen LogP contribution in [0.1, 0.15) is 15.9 Å². The molecule has 0 bridgehead atoms. The van der Waals surface area contributed by atoms with Crippen molar-refractivity contribution < 1.29 is 14.3 Å². The molecule has 0 spiro atoms. The minimum Gasteiger partial charge on any atom is -0.454 e. The molecule has 0 aliphatic carbocycles. The molecule has 6 nitrogen and oxygen atoms in total. The minimum absolute atomic E-state index is 0.118. The van der Waals surface area contributed by atoms with E-state index >= 15 is 0 Å². The average Bonchev–Trinajstić information content (AvgIpc) is 3.06. The third-order valence-electron chi connectivity index (χ3n) is 3.09. The summed E-state index contributed by atoms with van der Waals surface area (Å²) in [4.78, 5) is 12.0. The van der Waals surface area contributed by atoms with Crippen LogP contribution in [0.2, 0.25) is 0 Å². The zero-order valence-corrected chi connectivity index (χ0v) is 11.1. The Hall–Kier alpha value is -2.50. The zero-order chi connectivity index (χ0) is 13.9. The highest BCUT2D eigenvalue weighted by molar-refractivity contribution is 5.94. The number of hydrogen-bond acceptors (Lipinski definition) is 4. The number of amides is 1. The number of ether oxygens (including phenoxy) is 2. The Bertz CT molecular complexity index is 636. The highest BCUT2D eigenvalue weighted by atomic mass is 16.7. The van der Waals surface area contributed by atoms with Crippen LogP contribution in [0.3, 0.4) is 0 Å². The van der Waals surface area contributed by atoms with E-state index < -0.39 is 0 Å².